The number of benzene rings is 1. The van der Waals surface area contributed by atoms with Crippen LogP contribution in [0.3, 0.4) is 0 Å². The van der Waals surface area contributed by atoms with Gasteiger partial charge in [-0.15, -0.1) is 0 Å². The Morgan fingerprint density at radius 1 is 1.10 bits per heavy atom. The predicted molar refractivity (Wildman–Crippen MR) is 84.4 cm³/mol. The lowest BCUT2D eigenvalue weighted by Gasteiger charge is -2.17. The lowest BCUT2D eigenvalue weighted by atomic mass is 10.0. The molecule has 4 nitrogen and oxygen atoms in total. The van der Waals surface area contributed by atoms with Crippen molar-refractivity contribution in [2.24, 2.45) is 0 Å². The SMILES string of the molecule is CCN(CC)CCOCCOC(=O)C(C)c1ccccc1. The minimum Gasteiger partial charge on any atom is -0.463 e. The van der Waals surface area contributed by atoms with Crippen LogP contribution in [0.4, 0.5) is 0 Å². The predicted octanol–water partition coefficient (Wildman–Crippen LogP) is 2.69. The highest BCUT2D eigenvalue weighted by Gasteiger charge is 2.15. The van der Waals surface area contributed by atoms with Crippen molar-refractivity contribution in [1.29, 1.82) is 0 Å². The number of carbonyl (C=O) groups excluding carboxylic acids is 1. The van der Waals surface area contributed by atoms with Crippen molar-refractivity contribution in [3.05, 3.63) is 35.9 Å². The largest absolute Gasteiger partial charge is 0.463 e. The molecule has 0 spiro atoms. The van der Waals surface area contributed by atoms with Gasteiger partial charge in [-0.05, 0) is 25.6 Å². The quantitative estimate of drug-likeness (QED) is 0.491. The van der Waals surface area contributed by atoms with E-state index in [1.165, 1.54) is 0 Å². The van der Waals surface area contributed by atoms with Crippen LogP contribution >= 0.6 is 0 Å². The molecule has 0 aromatic heterocycles. The Kier molecular flexibility index (Phi) is 8.71. The third-order valence-corrected chi connectivity index (χ3v) is 3.57. The van der Waals surface area contributed by atoms with E-state index in [2.05, 4.69) is 18.7 Å². The average Bonchev–Trinajstić information content (AvgIpc) is 2.54. The second kappa shape index (κ2) is 10.4. The minimum atomic E-state index is -0.234. The fourth-order valence-electron chi connectivity index (χ4n) is 2.04. The zero-order valence-corrected chi connectivity index (χ0v) is 13.4. The van der Waals surface area contributed by atoms with Gasteiger partial charge in [-0.2, -0.15) is 0 Å². The number of nitrogens with zero attached hydrogens (tertiary/aromatic N) is 1. The molecule has 1 rings (SSSR count). The van der Waals surface area contributed by atoms with Crippen molar-refractivity contribution in [3.63, 3.8) is 0 Å². The van der Waals surface area contributed by atoms with Gasteiger partial charge >= 0.3 is 5.97 Å². The molecule has 0 saturated heterocycles. The molecule has 0 aliphatic rings. The topological polar surface area (TPSA) is 38.8 Å². The van der Waals surface area contributed by atoms with E-state index in [1.807, 2.05) is 37.3 Å². The van der Waals surface area contributed by atoms with Crippen LogP contribution in [0.25, 0.3) is 0 Å². The Labute approximate surface area is 128 Å². The highest BCUT2D eigenvalue weighted by Crippen LogP contribution is 2.15. The summed E-state index contributed by atoms with van der Waals surface area (Å²) in [4.78, 5) is 14.2. The first-order valence-electron chi connectivity index (χ1n) is 7.70. The molecule has 0 bridgehead atoms. The molecular weight excluding hydrogens is 266 g/mol. The summed E-state index contributed by atoms with van der Waals surface area (Å²) < 4.78 is 10.7. The highest BCUT2D eigenvalue weighted by atomic mass is 16.6. The molecule has 0 radical (unpaired) electrons. The van der Waals surface area contributed by atoms with E-state index in [1.54, 1.807) is 0 Å². The van der Waals surface area contributed by atoms with Crippen molar-refractivity contribution in [1.82, 2.24) is 4.90 Å². The number of carbonyl (C=O) groups is 1. The Bertz CT molecular complexity index is 390. The minimum absolute atomic E-state index is 0.200. The van der Waals surface area contributed by atoms with Gasteiger partial charge in [-0.3, -0.25) is 4.79 Å². The molecule has 1 aromatic rings. The molecule has 0 N–H and O–H groups in total. The molecular formula is C17H27NO3. The van der Waals surface area contributed by atoms with E-state index in [0.717, 1.165) is 25.2 Å². The summed E-state index contributed by atoms with van der Waals surface area (Å²) in [6.07, 6.45) is 0. The van der Waals surface area contributed by atoms with Crippen molar-refractivity contribution >= 4 is 5.97 Å². The normalized spacial score (nSPS) is 12.4. The van der Waals surface area contributed by atoms with Gasteiger partial charge in [-0.1, -0.05) is 44.2 Å². The van der Waals surface area contributed by atoms with Crippen LogP contribution in [-0.2, 0) is 14.3 Å². The molecule has 0 fully saturated rings. The molecule has 0 saturated carbocycles. The van der Waals surface area contributed by atoms with Crippen molar-refractivity contribution < 1.29 is 14.3 Å². The van der Waals surface area contributed by atoms with Gasteiger partial charge in [0, 0.05) is 6.54 Å². The maximum absolute atomic E-state index is 11.9. The summed E-state index contributed by atoms with van der Waals surface area (Å²) in [6, 6.07) is 9.66. The first-order chi connectivity index (χ1) is 10.2. The van der Waals surface area contributed by atoms with E-state index in [-0.39, 0.29) is 11.9 Å². The van der Waals surface area contributed by atoms with Crippen LogP contribution in [0.5, 0.6) is 0 Å². The van der Waals surface area contributed by atoms with Crippen molar-refractivity contribution in [2.45, 2.75) is 26.7 Å². The molecule has 4 heteroatoms. The lowest BCUT2D eigenvalue weighted by Crippen LogP contribution is -2.27. The molecule has 118 valence electrons. The van der Waals surface area contributed by atoms with Crippen molar-refractivity contribution in [2.75, 3.05) is 39.5 Å². The lowest BCUT2D eigenvalue weighted by molar-refractivity contribution is -0.146. The van der Waals surface area contributed by atoms with Crippen molar-refractivity contribution in [3.8, 4) is 0 Å². The number of esters is 1. The summed E-state index contributed by atoms with van der Waals surface area (Å²) in [5.41, 5.74) is 0.977. The summed E-state index contributed by atoms with van der Waals surface area (Å²) in [5.74, 6) is -0.435. The van der Waals surface area contributed by atoms with E-state index in [0.29, 0.717) is 19.8 Å². The molecule has 0 aliphatic carbocycles. The number of ether oxygens (including phenoxy) is 2. The fraction of sp³-hybridized carbons (Fsp3) is 0.588. The molecule has 21 heavy (non-hydrogen) atoms. The first-order valence-corrected chi connectivity index (χ1v) is 7.70. The number of likely N-dealkylation sites (N-methyl/N-ethyl adjacent to an activating group) is 1. The van der Waals surface area contributed by atoms with E-state index < -0.39 is 0 Å². The molecule has 0 amide bonds. The molecule has 1 atom stereocenters. The van der Waals surface area contributed by atoms with Gasteiger partial charge in [0.05, 0.1) is 19.1 Å². The van der Waals surface area contributed by atoms with Gasteiger partial charge in [0.15, 0.2) is 0 Å². The van der Waals surface area contributed by atoms with Gasteiger partial charge in [0.1, 0.15) is 6.61 Å². The van der Waals surface area contributed by atoms with Gasteiger partial charge < -0.3 is 14.4 Å². The van der Waals surface area contributed by atoms with Crippen LogP contribution in [-0.4, -0.2) is 50.3 Å². The summed E-state index contributed by atoms with van der Waals surface area (Å²) >= 11 is 0. The second-order valence-electron chi connectivity index (χ2n) is 4.94. The van der Waals surface area contributed by atoms with Gasteiger partial charge in [0.25, 0.3) is 0 Å². The first kappa shape index (κ1) is 17.7. The van der Waals surface area contributed by atoms with Crippen LogP contribution in [0, 0.1) is 0 Å². The summed E-state index contributed by atoms with van der Waals surface area (Å²) in [5, 5.41) is 0. The summed E-state index contributed by atoms with van der Waals surface area (Å²) in [7, 11) is 0. The Hall–Kier alpha value is -1.39. The average molecular weight is 293 g/mol. The maximum Gasteiger partial charge on any atom is 0.313 e. The Balaban J connectivity index is 2.14. The van der Waals surface area contributed by atoms with E-state index in [4.69, 9.17) is 9.47 Å². The van der Waals surface area contributed by atoms with Gasteiger partial charge in [0.2, 0.25) is 0 Å². The third-order valence-electron chi connectivity index (χ3n) is 3.57. The highest BCUT2D eigenvalue weighted by molar-refractivity contribution is 5.77. The fourth-order valence-corrected chi connectivity index (χ4v) is 2.04. The van der Waals surface area contributed by atoms with Gasteiger partial charge in [-0.25, -0.2) is 0 Å². The van der Waals surface area contributed by atoms with E-state index >= 15 is 0 Å². The van der Waals surface area contributed by atoms with Crippen LogP contribution in [0.1, 0.15) is 32.3 Å². The standard InChI is InChI=1S/C17H27NO3/c1-4-18(5-2)11-12-20-13-14-21-17(19)15(3)16-9-7-6-8-10-16/h6-10,15H,4-5,11-14H2,1-3H3. The maximum atomic E-state index is 11.9. The van der Waals surface area contributed by atoms with Crippen LogP contribution in [0.2, 0.25) is 0 Å². The molecule has 0 aliphatic heterocycles. The molecule has 0 heterocycles. The Morgan fingerprint density at radius 3 is 2.38 bits per heavy atom. The monoisotopic (exact) mass is 293 g/mol. The number of hydrogen-bond donors (Lipinski definition) is 0. The second-order valence-corrected chi connectivity index (χ2v) is 4.94. The number of hydrogen-bond acceptors (Lipinski definition) is 4. The smallest absolute Gasteiger partial charge is 0.313 e. The van der Waals surface area contributed by atoms with E-state index in [9.17, 15) is 4.79 Å². The molecule has 1 aromatic carbocycles. The van der Waals surface area contributed by atoms with Crippen LogP contribution in [0.15, 0.2) is 30.3 Å². The van der Waals surface area contributed by atoms with Crippen LogP contribution < -0.4 is 0 Å². The number of rotatable bonds is 10. The molecule has 1 unspecified atom stereocenters. The zero-order valence-electron chi connectivity index (χ0n) is 13.4. The third kappa shape index (κ3) is 6.74. The summed E-state index contributed by atoms with van der Waals surface area (Å²) in [6.45, 7) is 10.6. The zero-order chi connectivity index (χ0) is 15.5. The Morgan fingerprint density at radius 2 is 1.76 bits per heavy atom.